The van der Waals surface area contributed by atoms with Crippen molar-refractivity contribution in [2.75, 3.05) is 12.3 Å². The Morgan fingerprint density at radius 1 is 1.53 bits per heavy atom. The van der Waals surface area contributed by atoms with Crippen LogP contribution in [-0.2, 0) is 0 Å². The van der Waals surface area contributed by atoms with E-state index >= 15 is 0 Å². The number of rotatable bonds is 3. The van der Waals surface area contributed by atoms with Crippen LogP contribution in [0, 0.1) is 16.7 Å². The molecule has 1 rings (SSSR count). The summed E-state index contributed by atoms with van der Waals surface area (Å²) >= 11 is 5.80. The second-order valence-electron chi connectivity index (χ2n) is 4.45. The zero-order valence-electron chi connectivity index (χ0n) is 9.75. The van der Waals surface area contributed by atoms with E-state index < -0.39 is 5.41 Å². The molecule has 0 saturated heterocycles. The maximum Gasteiger partial charge on any atom is 0.251 e. The lowest BCUT2D eigenvalue weighted by molar-refractivity contribution is 0.0944. The number of anilines is 1. The van der Waals surface area contributed by atoms with Crippen molar-refractivity contribution in [3.05, 3.63) is 28.8 Å². The van der Waals surface area contributed by atoms with Crippen molar-refractivity contribution in [3.63, 3.8) is 0 Å². The lowest BCUT2D eigenvalue weighted by Gasteiger charge is -2.15. The summed E-state index contributed by atoms with van der Waals surface area (Å²) in [6.45, 7) is 3.77. The molecular weight excluding hydrogens is 238 g/mol. The van der Waals surface area contributed by atoms with Gasteiger partial charge in [0.15, 0.2) is 0 Å². The third kappa shape index (κ3) is 3.97. The average molecular weight is 252 g/mol. The van der Waals surface area contributed by atoms with Gasteiger partial charge in [-0.05, 0) is 32.0 Å². The first-order chi connectivity index (χ1) is 7.84. The number of benzene rings is 1. The van der Waals surface area contributed by atoms with Gasteiger partial charge >= 0.3 is 0 Å². The predicted octanol–water partition coefficient (Wildman–Crippen LogP) is 2.20. The number of nitrogens with zero attached hydrogens (tertiary/aromatic N) is 1. The number of carbonyl (C=O) groups is 1. The fourth-order valence-electron chi connectivity index (χ4n) is 1.19. The van der Waals surface area contributed by atoms with E-state index in [9.17, 15) is 4.79 Å². The Morgan fingerprint density at radius 2 is 2.18 bits per heavy atom. The summed E-state index contributed by atoms with van der Waals surface area (Å²) in [5.41, 5.74) is 5.82. The average Bonchev–Trinajstić information content (AvgIpc) is 2.24. The highest BCUT2D eigenvalue weighted by atomic mass is 35.5. The molecule has 0 aliphatic rings. The minimum absolute atomic E-state index is 0.273. The van der Waals surface area contributed by atoms with Gasteiger partial charge in [-0.25, -0.2) is 0 Å². The van der Waals surface area contributed by atoms with Gasteiger partial charge in [-0.2, -0.15) is 5.26 Å². The van der Waals surface area contributed by atoms with Gasteiger partial charge in [0, 0.05) is 22.8 Å². The molecule has 1 aromatic rings. The van der Waals surface area contributed by atoms with Gasteiger partial charge < -0.3 is 11.1 Å². The van der Waals surface area contributed by atoms with E-state index in [4.69, 9.17) is 22.6 Å². The number of hydrogen-bond acceptors (Lipinski definition) is 3. The van der Waals surface area contributed by atoms with Gasteiger partial charge in [0.2, 0.25) is 0 Å². The van der Waals surface area contributed by atoms with E-state index in [1.54, 1.807) is 26.0 Å². The predicted molar refractivity (Wildman–Crippen MR) is 67.6 cm³/mol. The van der Waals surface area contributed by atoms with Gasteiger partial charge in [0.1, 0.15) is 0 Å². The van der Waals surface area contributed by atoms with Crippen LogP contribution in [0.25, 0.3) is 0 Å². The van der Waals surface area contributed by atoms with Crippen molar-refractivity contribution in [3.8, 4) is 6.07 Å². The molecule has 17 heavy (non-hydrogen) atoms. The van der Waals surface area contributed by atoms with E-state index in [2.05, 4.69) is 11.4 Å². The highest BCUT2D eigenvalue weighted by Gasteiger charge is 2.18. The maximum absolute atomic E-state index is 11.8. The summed E-state index contributed by atoms with van der Waals surface area (Å²) in [5, 5.41) is 11.9. The van der Waals surface area contributed by atoms with E-state index in [1.807, 2.05) is 0 Å². The van der Waals surface area contributed by atoms with Crippen LogP contribution in [0.4, 0.5) is 5.69 Å². The highest BCUT2D eigenvalue weighted by Crippen LogP contribution is 2.17. The first-order valence-electron chi connectivity index (χ1n) is 5.09. The molecule has 0 heterocycles. The zero-order valence-corrected chi connectivity index (χ0v) is 10.5. The molecular formula is C12H14ClN3O. The van der Waals surface area contributed by atoms with Gasteiger partial charge in [-0.3, -0.25) is 4.79 Å². The second-order valence-corrected chi connectivity index (χ2v) is 4.89. The Balaban J connectivity index is 2.75. The Hall–Kier alpha value is -1.73. The van der Waals surface area contributed by atoms with Gasteiger partial charge in [-0.1, -0.05) is 11.6 Å². The standard InChI is InChI=1S/C12H14ClN3O/c1-12(2,6-14)7-16-11(17)8-3-9(13)5-10(15)4-8/h3-5H,7,15H2,1-2H3,(H,16,17). The van der Waals surface area contributed by atoms with Crippen molar-refractivity contribution in [1.29, 1.82) is 5.26 Å². The normalized spacial score (nSPS) is 10.7. The third-order valence-electron chi connectivity index (χ3n) is 2.18. The van der Waals surface area contributed by atoms with Crippen LogP contribution in [0.3, 0.4) is 0 Å². The molecule has 0 radical (unpaired) electrons. The van der Waals surface area contributed by atoms with Crippen molar-refractivity contribution in [1.82, 2.24) is 5.32 Å². The number of nitrogen functional groups attached to an aromatic ring is 1. The molecule has 0 aromatic heterocycles. The molecule has 0 bridgehead atoms. The van der Waals surface area contributed by atoms with Gasteiger partial charge in [-0.15, -0.1) is 0 Å². The van der Waals surface area contributed by atoms with Crippen molar-refractivity contribution in [2.45, 2.75) is 13.8 Å². The molecule has 5 heteroatoms. The third-order valence-corrected chi connectivity index (χ3v) is 2.39. The monoisotopic (exact) mass is 251 g/mol. The lowest BCUT2D eigenvalue weighted by atomic mass is 9.96. The molecule has 0 unspecified atom stereocenters. The zero-order chi connectivity index (χ0) is 13.1. The summed E-state index contributed by atoms with van der Waals surface area (Å²) in [4.78, 5) is 11.8. The van der Waals surface area contributed by atoms with Crippen LogP contribution in [0.5, 0.6) is 0 Å². The molecule has 0 aliphatic carbocycles. The first kappa shape index (κ1) is 13.3. The van der Waals surface area contributed by atoms with Crippen LogP contribution in [0.2, 0.25) is 5.02 Å². The number of nitrogens with one attached hydrogen (secondary N) is 1. The summed E-state index contributed by atoms with van der Waals surface area (Å²) in [6.07, 6.45) is 0. The van der Waals surface area contributed by atoms with E-state index in [0.717, 1.165) is 0 Å². The number of amides is 1. The smallest absolute Gasteiger partial charge is 0.251 e. The minimum atomic E-state index is -0.597. The Morgan fingerprint density at radius 3 is 2.71 bits per heavy atom. The summed E-state index contributed by atoms with van der Waals surface area (Å²) < 4.78 is 0. The maximum atomic E-state index is 11.8. The Bertz CT molecular complexity index is 457. The molecule has 0 saturated carbocycles. The molecule has 3 N–H and O–H groups in total. The Kier molecular flexibility index (Phi) is 3.97. The number of carbonyl (C=O) groups excluding carboxylic acids is 1. The largest absolute Gasteiger partial charge is 0.399 e. The molecule has 0 spiro atoms. The van der Waals surface area contributed by atoms with Crippen LogP contribution in [0.15, 0.2) is 18.2 Å². The van der Waals surface area contributed by atoms with E-state index in [0.29, 0.717) is 16.3 Å². The van der Waals surface area contributed by atoms with Crippen molar-refractivity contribution >= 4 is 23.2 Å². The fraction of sp³-hybridized carbons (Fsp3) is 0.333. The molecule has 1 amide bonds. The van der Waals surface area contributed by atoms with Crippen LogP contribution in [0.1, 0.15) is 24.2 Å². The number of nitriles is 1. The number of hydrogen-bond donors (Lipinski definition) is 2. The summed E-state index contributed by atoms with van der Waals surface area (Å²) in [6, 6.07) is 6.75. The number of halogens is 1. The molecule has 0 aliphatic heterocycles. The molecule has 0 atom stereocenters. The van der Waals surface area contributed by atoms with Gasteiger partial charge in [0.05, 0.1) is 11.5 Å². The van der Waals surface area contributed by atoms with Crippen molar-refractivity contribution in [2.24, 2.45) is 5.41 Å². The van der Waals surface area contributed by atoms with E-state index in [-0.39, 0.29) is 12.5 Å². The quantitative estimate of drug-likeness (QED) is 0.809. The first-order valence-corrected chi connectivity index (χ1v) is 5.47. The van der Waals surface area contributed by atoms with Crippen LogP contribution < -0.4 is 11.1 Å². The van der Waals surface area contributed by atoms with Crippen LogP contribution in [-0.4, -0.2) is 12.5 Å². The topological polar surface area (TPSA) is 78.9 Å². The second kappa shape index (κ2) is 5.07. The fourth-order valence-corrected chi connectivity index (χ4v) is 1.43. The highest BCUT2D eigenvalue weighted by molar-refractivity contribution is 6.31. The molecule has 4 nitrogen and oxygen atoms in total. The number of nitrogens with two attached hydrogens (primary N) is 1. The SMILES string of the molecule is CC(C)(C#N)CNC(=O)c1cc(N)cc(Cl)c1. The minimum Gasteiger partial charge on any atom is -0.399 e. The van der Waals surface area contributed by atoms with Gasteiger partial charge in [0.25, 0.3) is 5.91 Å². The molecule has 1 aromatic carbocycles. The van der Waals surface area contributed by atoms with Crippen LogP contribution >= 0.6 is 11.6 Å². The Labute approximate surface area is 105 Å². The molecule has 90 valence electrons. The molecule has 0 fully saturated rings. The van der Waals surface area contributed by atoms with E-state index in [1.165, 1.54) is 6.07 Å². The lowest BCUT2D eigenvalue weighted by Crippen LogP contribution is -2.33. The summed E-state index contributed by atoms with van der Waals surface area (Å²) in [7, 11) is 0. The van der Waals surface area contributed by atoms with Crippen molar-refractivity contribution < 1.29 is 4.79 Å². The summed E-state index contributed by atoms with van der Waals surface area (Å²) in [5.74, 6) is -0.289.